The van der Waals surface area contributed by atoms with Crippen LogP contribution in [-0.4, -0.2) is 44.2 Å². The second-order valence-corrected chi connectivity index (χ2v) is 7.05. The lowest BCUT2D eigenvalue weighted by Gasteiger charge is -2.26. The molecule has 0 radical (unpaired) electrons. The van der Waals surface area contributed by atoms with Crippen LogP contribution in [0.5, 0.6) is 0 Å². The van der Waals surface area contributed by atoms with Gasteiger partial charge in [-0.25, -0.2) is 14.6 Å². The van der Waals surface area contributed by atoms with Gasteiger partial charge in [0.05, 0.1) is 11.1 Å². The van der Waals surface area contributed by atoms with Crippen molar-refractivity contribution in [1.29, 1.82) is 0 Å². The van der Waals surface area contributed by atoms with Crippen LogP contribution in [0.1, 0.15) is 18.5 Å². The summed E-state index contributed by atoms with van der Waals surface area (Å²) in [5.41, 5.74) is 0.842. The van der Waals surface area contributed by atoms with Crippen molar-refractivity contribution >= 4 is 40.2 Å². The second-order valence-electron chi connectivity index (χ2n) is 5.05. The van der Waals surface area contributed by atoms with Gasteiger partial charge in [-0.2, -0.15) is 0 Å². The number of carbonyl (C=O) groups excluding carboxylic acids is 1. The molecular formula is C12H15N3O3S2. The van der Waals surface area contributed by atoms with E-state index in [9.17, 15) is 14.7 Å². The number of thioether (sulfide) groups is 1. The zero-order valence-corrected chi connectivity index (χ0v) is 12.5. The highest BCUT2D eigenvalue weighted by Crippen LogP contribution is 2.45. The van der Waals surface area contributed by atoms with Gasteiger partial charge in [0.2, 0.25) is 0 Å². The fraction of sp³-hybridized carbons (Fsp3) is 0.583. The van der Waals surface area contributed by atoms with Crippen molar-refractivity contribution in [3.8, 4) is 0 Å². The molecule has 108 valence electrons. The number of carboxylic acids is 1. The number of nitrogens with one attached hydrogen (secondary N) is 1. The molecule has 2 fully saturated rings. The van der Waals surface area contributed by atoms with E-state index in [1.807, 2.05) is 12.3 Å². The predicted octanol–water partition coefficient (Wildman–Crippen LogP) is 2.22. The Kier molecular flexibility index (Phi) is 3.59. The van der Waals surface area contributed by atoms with Crippen molar-refractivity contribution in [2.24, 2.45) is 5.92 Å². The molecule has 0 aromatic carbocycles. The van der Waals surface area contributed by atoms with Crippen molar-refractivity contribution in [2.45, 2.75) is 31.2 Å². The molecule has 2 heterocycles. The normalized spacial score (nSPS) is 25.8. The summed E-state index contributed by atoms with van der Waals surface area (Å²) in [5, 5.41) is 14.3. The quantitative estimate of drug-likeness (QED) is 0.894. The number of rotatable bonds is 3. The SMILES string of the molecule is Cc1csc(NC(=O)N2C(C(=O)O)CSC2C2CC2)n1. The molecule has 3 rings (SSSR count). The summed E-state index contributed by atoms with van der Waals surface area (Å²) in [5.74, 6) is -0.0416. The Balaban J connectivity index is 1.76. The monoisotopic (exact) mass is 313 g/mol. The number of aromatic nitrogens is 1. The highest BCUT2D eigenvalue weighted by molar-refractivity contribution is 8.00. The number of hydrogen-bond acceptors (Lipinski definition) is 5. The number of aryl methyl sites for hydroxylation is 1. The van der Waals surface area contributed by atoms with Crippen molar-refractivity contribution in [2.75, 3.05) is 11.1 Å². The van der Waals surface area contributed by atoms with Gasteiger partial charge in [0, 0.05) is 11.1 Å². The largest absolute Gasteiger partial charge is 0.480 e. The van der Waals surface area contributed by atoms with Crippen molar-refractivity contribution in [1.82, 2.24) is 9.88 Å². The maximum absolute atomic E-state index is 12.4. The molecule has 1 aromatic rings. The minimum atomic E-state index is -0.939. The van der Waals surface area contributed by atoms with Crippen LogP contribution in [0.15, 0.2) is 5.38 Å². The van der Waals surface area contributed by atoms with Crippen LogP contribution in [0.25, 0.3) is 0 Å². The van der Waals surface area contributed by atoms with Crippen LogP contribution in [-0.2, 0) is 4.79 Å². The molecule has 2 amide bonds. The van der Waals surface area contributed by atoms with E-state index in [1.165, 1.54) is 16.2 Å². The van der Waals surface area contributed by atoms with Crippen LogP contribution in [0, 0.1) is 12.8 Å². The van der Waals surface area contributed by atoms with Gasteiger partial charge in [-0.15, -0.1) is 23.1 Å². The van der Waals surface area contributed by atoms with E-state index in [2.05, 4.69) is 10.3 Å². The number of aliphatic carboxylic acids is 1. The van der Waals surface area contributed by atoms with Crippen LogP contribution < -0.4 is 5.32 Å². The van der Waals surface area contributed by atoms with Gasteiger partial charge in [-0.3, -0.25) is 10.2 Å². The standard InChI is InChI=1S/C12H15N3O3S2/c1-6-4-20-11(13-6)14-12(18)15-8(10(16)17)5-19-9(15)7-2-3-7/h4,7-9H,2-3,5H2,1H3,(H,16,17)(H,13,14,18). The first-order chi connectivity index (χ1) is 9.56. The molecule has 2 unspecified atom stereocenters. The summed E-state index contributed by atoms with van der Waals surface area (Å²) in [6.45, 7) is 1.85. The van der Waals surface area contributed by atoms with E-state index in [1.54, 1.807) is 11.8 Å². The molecule has 20 heavy (non-hydrogen) atoms. The lowest BCUT2D eigenvalue weighted by atomic mass is 10.2. The highest BCUT2D eigenvalue weighted by Gasteiger charge is 2.48. The molecule has 1 aromatic heterocycles. The van der Waals surface area contributed by atoms with Crippen molar-refractivity contribution < 1.29 is 14.7 Å². The van der Waals surface area contributed by atoms with Crippen LogP contribution in [0.3, 0.4) is 0 Å². The first kappa shape index (κ1) is 13.7. The third-order valence-corrected chi connectivity index (χ3v) is 5.75. The average molecular weight is 313 g/mol. The number of amides is 2. The van der Waals surface area contributed by atoms with E-state index >= 15 is 0 Å². The third-order valence-electron chi connectivity index (χ3n) is 3.41. The highest BCUT2D eigenvalue weighted by atomic mass is 32.2. The summed E-state index contributed by atoms with van der Waals surface area (Å²) < 4.78 is 0. The molecule has 8 heteroatoms. The third kappa shape index (κ3) is 2.62. The van der Waals surface area contributed by atoms with Crippen molar-refractivity contribution in [3.63, 3.8) is 0 Å². The molecule has 1 saturated carbocycles. The lowest BCUT2D eigenvalue weighted by molar-refractivity contribution is -0.141. The average Bonchev–Trinajstić information content (AvgIpc) is 3.00. The predicted molar refractivity (Wildman–Crippen MR) is 78.1 cm³/mol. The fourth-order valence-corrected chi connectivity index (χ4v) is 4.60. The maximum Gasteiger partial charge on any atom is 0.327 e. The van der Waals surface area contributed by atoms with E-state index < -0.39 is 12.0 Å². The minimum Gasteiger partial charge on any atom is -0.480 e. The molecular weight excluding hydrogens is 298 g/mol. The number of carbonyl (C=O) groups is 2. The van der Waals surface area contributed by atoms with Crippen LogP contribution in [0.2, 0.25) is 0 Å². The number of anilines is 1. The van der Waals surface area contributed by atoms with Crippen molar-refractivity contribution in [3.05, 3.63) is 11.1 Å². The molecule has 1 saturated heterocycles. The zero-order valence-electron chi connectivity index (χ0n) is 10.9. The Morgan fingerprint density at radius 3 is 2.80 bits per heavy atom. The van der Waals surface area contributed by atoms with E-state index in [0.29, 0.717) is 16.8 Å². The van der Waals surface area contributed by atoms with Gasteiger partial charge >= 0.3 is 12.0 Å². The van der Waals surface area contributed by atoms with E-state index in [4.69, 9.17) is 0 Å². The Hall–Kier alpha value is -1.28. The molecule has 1 aliphatic carbocycles. The minimum absolute atomic E-state index is 0.0165. The van der Waals surface area contributed by atoms with Gasteiger partial charge < -0.3 is 5.11 Å². The first-order valence-corrected chi connectivity index (χ1v) is 8.35. The summed E-state index contributed by atoms with van der Waals surface area (Å²) in [6.07, 6.45) is 2.15. The Bertz CT molecular complexity index is 544. The molecule has 0 spiro atoms. The molecule has 2 N–H and O–H groups in total. The van der Waals surface area contributed by atoms with Gasteiger partial charge in [0.15, 0.2) is 5.13 Å². The molecule has 1 aliphatic heterocycles. The number of nitrogens with zero attached hydrogens (tertiary/aromatic N) is 2. The maximum atomic E-state index is 12.4. The van der Waals surface area contributed by atoms with E-state index in [-0.39, 0.29) is 11.4 Å². The van der Waals surface area contributed by atoms with Crippen LogP contribution >= 0.6 is 23.1 Å². The summed E-state index contributed by atoms with van der Waals surface area (Å²) in [6, 6.07) is -1.10. The Morgan fingerprint density at radius 2 is 2.25 bits per heavy atom. The smallest absolute Gasteiger partial charge is 0.327 e. The zero-order chi connectivity index (χ0) is 14.3. The molecule has 2 aliphatic rings. The second kappa shape index (κ2) is 5.25. The first-order valence-electron chi connectivity index (χ1n) is 6.42. The molecule has 6 nitrogen and oxygen atoms in total. The molecule has 2 atom stereocenters. The number of urea groups is 1. The lowest BCUT2D eigenvalue weighted by Crippen LogP contribution is -2.48. The number of thiazole rings is 1. The van der Waals surface area contributed by atoms with Crippen LogP contribution in [0.4, 0.5) is 9.93 Å². The van der Waals surface area contributed by atoms with Gasteiger partial charge in [0.1, 0.15) is 6.04 Å². The van der Waals surface area contributed by atoms with Gasteiger partial charge in [-0.05, 0) is 25.7 Å². The fourth-order valence-electron chi connectivity index (χ4n) is 2.29. The summed E-state index contributed by atoms with van der Waals surface area (Å²) >= 11 is 2.92. The van der Waals surface area contributed by atoms with E-state index in [0.717, 1.165) is 18.5 Å². The summed E-state index contributed by atoms with van der Waals surface area (Å²) in [4.78, 5) is 29.4. The Labute approximate surface area is 124 Å². The molecule has 0 bridgehead atoms. The van der Waals surface area contributed by atoms with Gasteiger partial charge in [0.25, 0.3) is 0 Å². The topological polar surface area (TPSA) is 82.5 Å². The Morgan fingerprint density at radius 1 is 1.50 bits per heavy atom. The summed E-state index contributed by atoms with van der Waals surface area (Å²) in [7, 11) is 0. The number of carboxylic acid groups (broad SMARTS) is 1. The number of hydrogen-bond donors (Lipinski definition) is 2. The van der Waals surface area contributed by atoms with Gasteiger partial charge in [-0.1, -0.05) is 0 Å².